The number of aliphatic hydroxyl groups is 1. The van der Waals surface area contributed by atoms with Gasteiger partial charge in [-0.2, -0.15) is 0 Å². The molecule has 2 atom stereocenters. The number of halogens is 2. The zero-order valence-electron chi connectivity index (χ0n) is 27.7. The van der Waals surface area contributed by atoms with Crippen molar-refractivity contribution in [2.45, 2.75) is 64.5 Å². The molecule has 1 aliphatic carbocycles. The number of carbonyl (C=O) groups is 1. The van der Waals surface area contributed by atoms with Crippen LogP contribution in [-0.2, 0) is 15.1 Å². The van der Waals surface area contributed by atoms with Crippen LogP contribution in [0.2, 0.25) is 0 Å². The number of nitrogens with zero attached hydrogens (tertiary/aromatic N) is 4. The summed E-state index contributed by atoms with van der Waals surface area (Å²) in [6.45, 7) is 6.14. The monoisotopic (exact) mass is 644 g/mol. The highest BCUT2D eigenvalue weighted by molar-refractivity contribution is 5.72. The van der Waals surface area contributed by atoms with Gasteiger partial charge in [0.2, 0.25) is 6.73 Å². The normalized spacial score (nSPS) is 18.7. The maximum absolute atomic E-state index is 13.1. The zero-order valence-corrected chi connectivity index (χ0v) is 27.7. The molecule has 1 fully saturated rings. The molecule has 248 valence electrons. The summed E-state index contributed by atoms with van der Waals surface area (Å²) in [4.78, 5) is 26.5. The molecule has 0 bridgehead atoms. The van der Waals surface area contributed by atoms with Gasteiger partial charge in [-0.1, -0.05) is 30.3 Å². The number of benzene rings is 1. The summed E-state index contributed by atoms with van der Waals surface area (Å²) in [5, 5.41) is 14.6. The van der Waals surface area contributed by atoms with Crippen LogP contribution in [0.25, 0.3) is 11.3 Å². The second-order valence-electron chi connectivity index (χ2n) is 13.4. The highest BCUT2D eigenvalue weighted by Gasteiger charge is 2.40. The Bertz CT molecular complexity index is 1660. The highest BCUT2D eigenvalue weighted by atomic mass is 19.3. The minimum absolute atomic E-state index is 0.0559. The third-order valence-electron chi connectivity index (χ3n) is 9.57. The Morgan fingerprint density at radius 2 is 1.72 bits per heavy atom. The summed E-state index contributed by atoms with van der Waals surface area (Å²) < 4.78 is 32.6. The Balaban J connectivity index is 1.18. The standard InChI is InChI=1S/C37H44F2N5O3/c1-24-19-31(42-34(20-24)43-33-21-28(35(38)39)17-18-40-33)29-13-16-32(41-22-29)37(3,46)30-14-11-27(12-15-30)36(45)47-23-44(4,5)25(2)26-9-7-6-8-10-26/h6-10,13,16-22,25,27,30,35,46H,11-12,14-15,23H2,1-5H3,(H,40,42,43)/q+1/t25?,27?,30?,37-/m1/s1. The van der Waals surface area contributed by atoms with Crippen LogP contribution in [0.1, 0.15) is 74.4 Å². The number of aromatic nitrogens is 3. The lowest BCUT2D eigenvalue weighted by Crippen LogP contribution is -2.45. The topological polar surface area (TPSA) is 97.2 Å². The summed E-state index contributed by atoms with van der Waals surface area (Å²) >= 11 is 0. The summed E-state index contributed by atoms with van der Waals surface area (Å²) in [6.07, 6.45) is 3.10. The van der Waals surface area contributed by atoms with Gasteiger partial charge < -0.3 is 15.2 Å². The third-order valence-corrected chi connectivity index (χ3v) is 9.57. The zero-order chi connectivity index (χ0) is 33.8. The summed E-state index contributed by atoms with van der Waals surface area (Å²) in [6, 6.07) is 20.4. The van der Waals surface area contributed by atoms with Gasteiger partial charge in [0.05, 0.1) is 31.4 Å². The van der Waals surface area contributed by atoms with Crippen molar-refractivity contribution in [1.29, 1.82) is 0 Å². The first-order chi connectivity index (χ1) is 22.3. The summed E-state index contributed by atoms with van der Waals surface area (Å²) in [5.74, 6) is 0.333. The molecular formula is C37H44F2N5O3+. The van der Waals surface area contributed by atoms with E-state index < -0.39 is 12.0 Å². The molecule has 0 spiro atoms. The van der Waals surface area contributed by atoms with Crippen molar-refractivity contribution >= 4 is 17.6 Å². The van der Waals surface area contributed by atoms with Crippen LogP contribution in [0, 0.1) is 18.8 Å². The molecule has 2 N–H and O–H groups in total. The molecule has 0 radical (unpaired) electrons. The van der Waals surface area contributed by atoms with Crippen molar-refractivity contribution in [2.24, 2.45) is 11.8 Å². The number of esters is 1. The van der Waals surface area contributed by atoms with E-state index in [2.05, 4.69) is 53.4 Å². The Kier molecular flexibility index (Phi) is 10.3. The third kappa shape index (κ3) is 8.18. The maximum atomic E-state index is 13.1. The van der Waals surface area contributed by atoms with E-state index in [0.29, 0.717) is 54.1 Å². The average molecular weight is 645 g/mol. The number of carbonyl (C=O) groups excluding carboxylic acids is 1. The van der Waals surface area contributed by atoms with E-state index in [4.69, 9.17) is 4.74 Å². The number of hydrogen-bond donors (Lipinski definition) is 2. The number of alkyl halides is 2. The van der Waals surface area contributed by atoms with Gasteiger partial charge in [-0.15, -0.1) is 0 Å². The molecule has 1 unspecified atom stereocenters. The Morgan fingerprint density at radius 1 is 1.00 bits per heavy atom. The fraction of sp³-hybridized carbons (Fsp3) is 0.405. The minimum atomic E-state index is -2.59. The van der Waals surface area contributed by atoms with Crippen LogP contribution in [0.3, 0.4) is 0 Å². The van der Waals surface area contributed by atoms with E-state index in [1.807, 2.05) is 49.4 Å². The molecule has 3 heterocycles. The number of quaternary nitrogens is 1. The largest absolute Gasteiger partial charge is 0.415 e. The van der Waals surface area contributed by atoms with E-state index in [1.54, 1.807) is 13.1 Å². The first kappa shape index (κ1) is 34.1. The van der Waals surface area contributed by atoms with Crippen molar-refractivity contribution < 1.29 is 27.9 Å². The van der Waals surface area contributed by atoms with Gasteiger partial charge in [0.1, 0.15) is 23.3 Å². The molecule has 5 rings (SSSR count). The second-order valence-corrected chi connectivity index (χ2v) is 13.4. The predicted octanol–water partition coefficient (Wildman–Crippen LogP) is 7.88. The van der Waals surface area contributed by atoms with E-state index in [0.717, 1.165) is 11.1 Å². The molecule has 1 aliphatic rings. The number of ether oxygens (including phenoxy) is 1. The van der Waals surface area contributed by atoms with Crippen LogP contribution in [0.4, 0.5) is 20.4 Å². The molecule has 4 aromatic rings. The summed E-state index contributed by atoms with van der Waals surface area (Å²) in [5.41, 5.74) is 2.77. The lowest BCUT2D eigenvalue weighted by atomic mass is 9.73. The van der Waals surface area contributed by atoms with Crippen molar-refractivity contribution in [3.8, 4) is 11.3 Å². The van der Waals surface area contributed by atoms with Gasteiger partial charge in [-0.05, 0) is 94.3 Å². The number of pyridine rings is 3. The molecule has 0 aliphatic heterocycles. The Labute approximate surface area is 275 Å². The molecule has 1 saturated carbocycles. The number of nitrogens with one attached hydrogen (secondary N) is 1. The van der Waals surface area contributed by atoms with Gasteiger partial charge in [0, 0.05) is 29.1 Å². The van der Waals surface area contributed by atoms with E-state index in [9.17, 15) is 18.7 Å². The number of rotatable bonds is 11. The van der Waals surface area contributed by atoms with E-state index in [1.165, 1.54) is 23.9 Å². The number of hydrogen-bond acceptors (Lipinski definition) is 7. The SMILES string of the molecule is Cc1cc(Nc2cc(C(F)F)ccn2)nc(-c2ccc([C@](C)(O)C3CCC(C(=O)OC[N+](C)(C)C(C)c4ccccc4)CC3)nc2)c1. The van der Waals surface area contributed by atoms with Gasteiger partial charge in [0.15, 0.2) is 0 Å². The fourth-order valence-electron chi connectivity index (χ4n) is 6.20. The second kappa shape index (κ2) is 14.2. The minimum Gasteiger partial charge on any atom is -0.415 e. The number of anilines is 2. The van der Waals surface area contributed by atoms with Crippen LogP contribution in [0.5, 0.6) is 0 Å². The van der Waals surface area contributed by atoms with E-state index in [-0.39, 0.29) is 35.2 Å². The molecule has 47 heavy (non-hydrogen) atoms. The Hall–Kier alpha value is -4.28. The smallest absolute Gasteiger partial charge is 0.313 e. The van der Waals surface area contributed by atoms with E-state index >= 15 is 0 Å². The first-order valence-electron chi connectivity index (χ1n) is 16.1. The van der Waals surface area contributed by atoms with Crippen LogP contribution >= 0.6 is 0 Å². The lowest BCUT2D eigenvalue weighted by Gasteiger charge is -2.38. The van der Waals surface area contributed by atoms with Gasteiger partial charge in [-0.25, -0.2) is 18.7 Å². The van der Waals surface area contributed by atoms with Crippen LogP contribution in [-0.4, -0.2) is 51.3 Å². The molecule has 10 heteroatoms. The first-order valence-corrected chi connectivity index (χ1v) is 16.1. The molecule has 3 aromatic heterocycles. The van der Waals surface area contributed by atoms with Gasteiger partial charge in [-0.3, -0.25) is 14.3 Å². The highest BCUT2D eigenvalue weighted by Crippen LogP contribution is 2.41. The summed E-state index contributed by atoms with van der Waals surface area (Å²) in [7, 11) is 4.13. The molecule has 1 aromatic carbocycles. The van der Waals surface area contributed by atoms with Gasteiger partial charge >= 0.3 is 5.97 Å². The fourth-order valence-corrected chi connectivity index (χ4v) is 6.20. The maximum Gasteiger partial charge on any atom is 0.313 e. The molecule has 8 nitrogen and oxygen atoms in total. The van der Waals surface area contributed by atoms with Crippen molar-refractivity contribution in [3.05, 3.63) is 102 Å². The lowest BCUT2D eigenvalue weighted by molar-refractivity contribution is -0.935. The quantitative estimate of drug-likeness (QED) is 0.0974. The Morgan fingerprint density at radius 3 is 2.38 bits per heavy atom. The average Bonchev–Trinajstić information content (AvgIpc) is 3.07. The van der Waals surface area contributed by atoms with Crippen molar-refractivity contribution in [1.82, 2.24) is 15.0 Å². The van der Waals surface area contributed by atoms with Crippen molar-refractivity contribution in [3.63, 3.8) is 0 Å². The molecule has 0 saturated heterocycles. The number of aryl methyl sites for hydroxylation is 1. The van der Waals surface area contributed by atoms with Crippen molar-refractivity contribution in [2.75, 3.05) is 26.1 Å². The molecule has 0 amide bonds. The van der Waals surface area contributed by atoms with Gasteiger partial charge in [0.25, 0.3) is 6.43 Å². The predicted molar refractivity (Wildman–Crippen MR) is 178 cm³/mol. The van der Waals surface area contributed by atoms with Crippen LogP contribution in [0.15, 0.2) is 79.1 Å². The van der Waals surface area contributed by atoms with Crippen LogP contribution < -0.4 is 5.32 Å². The molecular weight excluding hydrogens is 600 g/mol.